The zero-order valence-corrected chi connectivity index (χ0v) is 12.2. The molecule has 3 rings (SSSR count). The summed E-state index contributed by atoms with van der Waals surface area (Å²) in [6.07, 6.45) is 9.96. The molecular formula is C15H20N4O2. The van der Waals surface area contributed by atoms with Crippen molar-refractivity contribution < 1.29 is 9.15 Å². The summed E-state index contributed by atoms with van der Waals surface area (Å²) in [4.78, 5) is 15.0. The van der Waals surface area contributed by atoms with Crippen LogP contribution in [0.1, 0.15) is 31.0 Å². The molecule has 0 saturated carbocycles. The van der Waals surface area contributed by atoms with E-state index in [2.05, 4.69) is 26.8 Å². The lowest BCUT2D eigenvalue weighted by atomic mass is 10.1. The molecule has 0 aliphatic carbocycles. The van der Waals surface area contributed by atoms with Crippen LogP contribution in [-0.4, -0.2) is 39.0 Å². The summed E-state index contributed by atoms with van der Waals surface area (Å²) in [6, 6.07) is 0.488. The van der Waals surface area contributed by atoms with Crippen LogP contribution in [0.2, 0.25) is 0 Å². The molecule has 112 valence electrons. The number of aryl methyl sites for hydroxylation is 1. The van der Waals surface area contributed by atoms with Crippen LogP contribution in [0.5, 0.6) is 6.01 Å². The van der Waals surface area contributed by atoms with Crippen LogP contribution < -0.4 is 4.74 Å². The van der Waals surface area contributed by atoms with E-state index < -0.39 is 0 Å². The summed E-state index contributed by atoms with van der Waals surface area (Å²) < 4.78 is 10.9. The van der Waals surface area contributed by atoms with Gasteiger partial charge in [0.2, 0.25) is 0 Å². The van der Waals surface area contributed by atoms with Gasteiger partial charge in [0.05, 0.1) is 5.69 Å². The lowest BCUT2D eigenvalue weighted by molar-refractivity contribution is 0.0886. The van der Waals surface area contributed by atoms with E-state index in [1.165, 1.54) is 6.39 Å². The summed E-state index contributed by atoms with van der Waals surface area (Å²) in [5.74, 6) is 0. The summed E-state index contributed by atoms with van der Waals surface area (Å²) >= 11 is 0. The number of oxazole rings is 1. The van der Waals surface area contributed by atoms with Crippen molar-refractivity contribution in [1.82, 2.24) is 19.9 Å². The van der Waals surface area contributed by atoms with Crippen LogP contribution in [0, 0.1) is 0 Å². The second-order valence-electron chi connectivity index (χ2n) is 5.30. The quantitative estimate of drug-likeness (QED) is 0.839. The molecule has 0 atom stereocenters. The topological polar surface area (TPSA) is 64.3 Å². The zero-order chi connectivity index (χ0) is 14.5. The fourth-order valence-electron chi connectivity index (χ4n) is 2.47. The monoisotopic (exact) mass is 288 g/mol. The fraction of sp³-hybridized carbons (Fsp3) is 0.533. The average Bonchev–Trinajstić information content (AvgIpc) is 3.03. The predicted molar refractivity (Wildman–Crippen MR) is 76.8 cm³/mol. The molecule has 6 nitrogen and oxygen atoms in total. The molecule has 1 aliphatic rings. The molecule has 0 aromatic carbocycles. The van der Waals surface area contributed by atoms with Gasteiger partial charge < -0.3 is 9.15 Å². The Balaban J connectivity index is 1.46. The number of piperidine rings is 1. The van der Waals surface area contributed by atoms with Crippen LogP contribution in [-0.2, 0) is 13.0 Å². The third-order valence-electron chi connectivity index (χ3n) is 3.77. The van der Waals surface area contributed by atoms with Crippen molar-refractivity contribution >= 4 is 0 Å². The van der Waals surface area contributed by atoms with Crippen molar-refractivity contribution in [1.29, 1.82) is 0 Å². The van der Waals surface area contributed by atoms with E-state index in [0.717, 1.165) is 50.2 Å². The number of hydrogen-bond donors (Lipinski definition) is 0. The normalized spacial score (nSPS) is 17.0. The van der Waals surface area contributed by atoms with Gasteiger partial charge in [-0.25, -0.2) is 15.0 Å². The van der Waals surface area contributed by atoms with Crippen molar-refractivity contribution in [2.75, 3.05) is 13.1 Å². The number of aromatic nitrogens is 3. The predicted octanol–water partition coefficient (Wildman–Crippen LogP) is 2.07. The molecule has 0 bridgehead atoms. The van der Waals surface area contributed by atoms with Crippen molar-refractivity contribution in [2.45, 2.75) is 38.8 Å². The highest BCUT2D eigenvalue weighted by Crippen LogP contribution is 2.17. The van der Waals surface area contributed by atoms with Gasteiger partial charge in [0, 0.05) is 32.0 Å². The van der Waals surface area contributed by atoms with Gasteiger partial charge in [0.25, 0.3) is 0 Å². The number of ether oxygens (including phenoxy) is 1. The lowest BCUT2D eigenvalue weighted by Crippen LogP contribution is -2.38. The molecule has 21 heavy (non-hydrogen) atoms. The van der Waals surface area contributed by atoms with E-state index in [0.29, 0.717) is 6.01 Å². The van der Waals surface area contributed by atoms with Crippen molar-refractivity contribution in [3.8, 4) is 6.01 Å². The van der Waals surface area contributed by atoms with Crippen molar-refractivity contribution in [2.24, 2.45) is 0 Å². The third kappa shape index (κ3) is 3.78. The molecule has 0 spiro atoms. The Hall–Kier alpha value is -1.95. The standard InChI is InChI=1S/C15H20N4O2/c1-2-12-7-16-15(17-8-12)21-14-3-5-19(6-4-14)9-13-10-20-11-18-13/h7-8,10-11,14H,2-6,9H2,1H3. The molecule has 1 fully saturated rings. The second kappa shape index (κ2) is 6.67. The van der Waals surface area contributed by atoms with E-state index >= 15 is 0 Å². The van der Waals surface area contributed by atoms with Crippen molar-refractivity contribution in [3.05, 3.63) is 36.3 Å². The molecule has 1 saturated heterocycles. The van der Waals surface area contributed by atoms with Gasteiger partial charge in [-0.2, -0.15) is 0 Å². The molecule has 0 radical (unpaired) electrons. The Kier molecular flexibility index (Phi) is 4.45. The van der Waals surface area contributed by atoms with Gasteiger partial charge in [-0.3, -0.25) is 4.90 Å². The molecule has 6 heteroatoms. The molecule has 2 aromatic heterocycles. The first-order valence-corrected chi connectivity index (χ1v) is 7.40. The minimum atomic E-state index is 0.200. The SMILES string of the molecule is CCc1cnc(OC2CCN(Cc3cocn3)CC2)nc1. The van der Waals surface area contributed by atoms with Crippen LogP contribution in [0.15, 0.2) is 29.5 Å². The first-order valence-electron chi connectivity index (χ1n) is 7.40. The number of hydrogen-bond acceptors (Lipinski definition) is 6. The summed E-state index contributed by atoms with van der Waals surface area (Å²) in [5.41, 5.74) is 2.11. The number of rotatable bonds is 5. The largest absolute Gasteiger partial charge is 0.460 e. The number of nitrogens with zero attached hydrogens (tertiary/aromatic N) is 4. The molecule has 2 aromatic rings. The molecule has 1 aliphatic heterocycles. The van der Waals surface area contributed by atoms with E-state index in [1.807, 2.05) is 12.4 Å². The molecule has 0 unspecified atom stereocenters. The minimum absolute atomic E-state index is 0.200. The van der Waals surface area contributed by atoms with Crippen LogP contribution in [0.3, 0.4) is 0 Å². The maximum Gasteiger partial charge on any atom is 0.316 e. The van der Waals surface area contributed by atoms with E-state index in [9.17, 15) is 0 Å². The van der Waals surface area contributed by atoms with Crippen molar-refractivity contribution in [3.63, 3.8) is 0 Å². The summed E-state index contributed by atoms with van der Waals surface area (Å²) in [5, 5.41) is 0. The van der Waals surface area contributed by atoms with Crippen LogP contribution in [0.25, 0.3) is 0 Å². The second-order valence-corrected chi connectivity index (χ2v) is 5.30. The number of likely N-dealkylation sites (tertiary alicyclic amines) is 1. The van der Waals surface area contributed by atoms with Crippen LogP contribution in [0.4, 0.5) is 0 Å². The van der Waals surface area contributed by atoms with E-state index in [4.69, 9.17) is 9.15 Å². The average molecular weight is 288 g/mol. The summed E-state index contributed by atoms with van der Waals surface area (Å²) in [6.45, 7) is 4.91. The maximum atomic E-state index is 5.86. The van der Waals surface area contributed by atoms with Gasteiger partial charge in [-0.15, -0.1) is 0 Å². The third-order valence-corrected chi connectivity index (χ3v) is 3.77. The molecular weight excluding hydrogens is 268 g/mol. The Bertz CT molecular complexity index is 533. The van der Waals surface area contributed by atoms with Gasteiger partial charge >= 0.3 is 6.01 Å². The van der Waals surface area contributed by atoms with Crippen LogP contribution >= 0.6 is 0 Å². The van der Waals surface area contributed by atoms with E-state index in [-0.39, 0.29) is 6.10 Å². The summed E-state index contributed by atoms with van der Waals surface area (Å²) in [7, 11) is 0. The Morgan fingerprint density at radius 2 is 2.00 bits per heavy atom. The first-order chi connectivity index (χ1) is 10.3. The zero-order valence-electron chi connectivity index (χ0n) is 12.2. The Labute approximate surface area is 124 Å². The van der Waals surface area contributed by atoms with Gasteiger partial charge in [-0.1, -0.05) is 6.92 Å². The van der Waals surface area contributed by atoms with E-state index in [1.54, 1.807) is 6.26 Å². The van der Waals surface area contributed by atoms with Gasteiger partial charge in [0.15, 0.2) is 6.39 Å². The smallest absolute Gasteiger partial charge is 0.316 e. The highest BCUT2D eigenvalue weighted by atomic mass is 16.5. The molecule has 0 N–H and O–H groups in total. The van der Waals surface area contributed by atoms with Gasteiger partial charge in [-0.05, 0) is 24.8 Å². The lowest BCUT2D eigenvalue weighted by Gasteiger charge is -2.30. The Morgan fingerprint density at radius 3 is 2.62 bits per heavy atom. The maximum absolute atomic E-state index is 5.86. The fourth-order valence-corrected chi connectivity index (χ4v) is 2.47. The highest BCUT2D eigenvalue weighted by Gasteiger charge is 2.21. The molecule has 0 amide bonds. The molecule has 3 heterocycles. The van der Waals surface area contributed by atoms with Gasteiger partial charge in [0.1, 0.15) is 12.4 Å². The minimum Gasteiger partial charge on any atom is -0.460 e. The highest BCUT2D eigenvalue weighted by molar-refractivity contribution is 5.07. The Morgan fingerprint density at radius 1 is 1.24 bits per heavy atom. The first kappa shape index (κ1) is 14.0.